The van der Waals surface area contributed by atoms with E-state index in [1.165, 1.54) is 19.3 Å². The highest BCUT2D eigenvalue weighted by atomic mass is 19.4. The van der Waals surface area contributed by atoms with Crippen LogP contribution in [0.25, 0.3) is 0 Å². The van der Waals surface area contributed by atoms with Gasteiger partial charge in [-0.25, -0.2) is 4.79 Å². The average molecular weight is 351 g/mol. The molecule has 2 fully saturated rings. The summed E-state index contributed by atoms with van der Waals surface area (Å²) >= 11 is 0. The third-order valence-corrected chi connectivity index (χ3v) is 5.25. The summed E-state index contributed by atoms with van der Waals surface area (Å²) in [7, 11) is 0. The van der Waals surface area contributed by atoms with Crippen molar-refractivity contribution in [3.63, 3.8) is 0 Å². The molecule has 1 saturated heterocycles. The molecular formula is C17H28F3NO3. The Morgan fingerprint density at radius 2 is 1.79 bits per heavy atom. The first kappa shape index (κ1) is 19.5. The van der Waals surface area contributed by atoms with Gasteiger partial charge in [-0.15, -0.1) is 5.06 Å². The number of unbranched alkanes of at least 4 members (excludes halogenated alkanes) is 1. The minimum absolute atomic E-state index is 0.267. The largest absolute Gasteiger partial charge is 0.492 e. The number of hydroxylamine groups is 2. The van der Waals surface area contributed by atoms with Gasteiger partial charge in [0.05, 0.1) is 5.60 Å². The van der Waals surface area contributed by atoms with E-state index in [0.717, 1.165) is 30.7 Å². The van der Waals surface area contributed by atoms with Crippen LogP contribution in [-0.2, 0) is 14.4 Å². The lowest BCUT2D eigenvalue weighted by molar-refractivity contribution is -0.252. The highest BCUT2D eigenvalue weighted by Crippen LogP contribution is 2.42. The van der Waals surface area contributed by atoms with Crippen LogP contribution in [0.15, 0.2) is 0 Å². The third kappa shape index (κ3) is 5.09. The molecule has 2 aliphatic rings. The molecule has 0 aromatic rings. The van der Waals surface area contributed by atoms with Crippen molar-refractivity contribution in [1.29, 1.82) is 0 Å². The molecule has 0 unspecified atom stereocenters. The number of halogens is 3. The quantitative estimate of drug-likeness (QED) is 0.671. The summed E-state index contributed by atoms with van der Waals surface area (Å²) in [5.74, 6) is -1.68. The zero-order valence-corrected chi connectivity index (χ0v) is 14.4. The van der Waals surface area contributed by atoms with Crippen LogP contribution in [0.4, 0.5) is 13.2 Å². The highest BCUT2D eigenvalue weighted by Gasteiger charge is 2.46. The van der Waals surface area contributed by atoms with Crippen molar-refractivity contribution in [1.82, 2.24) is 5.06 Å². The normalized spacial score (nSPS) is 23.2. The van der Waals surface area contributed by atoms with Crippen molar-refractivity contribution in [3.05, 3.63) is 0 Å². The molecule has 1 heterocycles. The van der Waals surface area contributed by atoms with Crippen LogP contribution >= 0.6 is 0 Å². The maximum absolute atomic E-state index is 12.3. The molecule has 140 valence electrons. The van der Waals surface area contributed by atoms with Gasteiger partial charge < -0.3 is 9.57 Å². The number of hydrogen-bond acceptors (Lipinski definition) is 4. The monoisotopic (exact) mass is 351 g/mol. The van der Waals surface area contributed by atoms with E-state index in [1.54, 1.807) is 0 Å². The Morgan fingerprint density at radius 3 is 2.33 bits per heavy atom. The van der Waals surface area contributed by atoms with Crippen molar-refractivity contribution < 1.29 is 27.5 Å². The van der Waals surface area contributed by atoms with Crippen LogP contribution < -0.4 is 0 Å². The first-order valence-corrected chi connectivity index (χ1v) is 9.05. The Bertz CT molecular complexity index is 400. The SMILES string of the molecule is CCCCOC1(C2CCCCC2)CCN(OC(=O)C(F)(F)F)CC1. The molecule has 0 amide bonds. The summed E-state index contributed by atoms with van der Waals surface area (Å²) in [4.78, 5) is 15.5. The second-order valence-electron chi connectivity index (χ2n) is 6.91. The van der Waals surface area contributed by atoms with Crippen molar-refractivity contribution >= 4 is 5.97 Å². The molecule has 1 saturated carbocycles. The van der Waals surface area contributed by atoms with Gasteiger partial charge in [0.1, 0.15) is 0 Å². The number of carbonyl (C=O) groups excluding carboxylic acids is 1. The molecule has 24 heavy (non-hydrogen) atoms. The molecule has 0 bridgehead atoms. The third-order valence-electron chi connectivity index (χ3n) is 5.25. The summed E-state index contributed by atoms with van der Waals surface area (Å²) in [6.45, 7) is 3.39. The Morgan fingerprint density at radius 1 is 1.17 bits per heavy atom. The Balaban J connectivity index is 1.94. The van der Waals surface area contributed by atoms with Crippen molar-refractivity contribution in [3.8, 4) is 0 Å². The Labute approximate surface area is 141 Å². The van der Waals surface area contributed by atoms with Gasteiger partial charge in [0.25, 0.3) is 0 Å². The fourth-order valence-electron chi connectivity index (χ4n) is 3.84. The van der Waals surface area contributed by atoms with E-state index in [0.29, 0.717) is 38.5 Å². The van der Waals surface area contributed by atoms with Gasteiger partial charge in [0, 0.05) is 19.7 Å². The molecule has 1 aliphatic heterocycles. The van der Waals surface area contributed by atoms with Crippen LogP contribution in [0.3, 0.4) is 0 Å². The molecule has 0 N–H and O–H groups in total. The topological polar surface area (TPSA) is 38.8 Å². The second-order valence-corrected chi connectivity index (χ2v) is 6.91. The molecular weight excluding hydrogens is 323 g/mol. The lowest BCUT2D eigenvalue weighted by atomic mass is 9.72. The molecule has 0 aromatic carbocycles. The van der Waals surface area contributed by atoms with Crippen LogP contribution in [0.5, 0.6) is 0 Å². The summed E-state index contributed by atoms with van der Waals surface area (Å²) < 4.78 is 43.3. The highest BCUT2D eigenvalue weighted by molar-refractivity contribution is 5.75. The lowest BCUT2D eigenvalue weighted by Gasteiger charge is -2.47. The van der Waals surface area contributed by atoms with Gasteiger partial charge in [-0.2, -0.15) is 13.2 Å². The maximum atomic E-state index is 12.3. The van der Waals surface area contributed by atoms with Gasteiger partial charge in [-0.1, -0.05) is 32.6 Å². The number of alkyl halides is 3. The fourth-order valence-corrected chi connectivity index (χ4v) is 3.84. The number of piperidine rings is 1. The molecule has 4 nitrogen and oxygen atoms in total. The summed E-state index contributed by atoms with van der Waals surface area (Å²) in [5, 5.41) is 1.14. The molecule has 7 heteroatoms. The van der Waals surface area contributed by atoms with Gasteiger partial charge in [0.15, 0.2) is 0 Å². The van der Waals surface area contributed by atoms with Crippen molar-refractivity contribution in [2.45, 2.75) is 76.5 Å². The standard InChI is InChI=1S/C17H28F3NO3/c1-2-3-13-23-16(14-7-5-4-6-8-14)9-11-21(12-10-16)24-15(22)17(18,19)20/h14H,2-13H2,1H3. The number of nitrogens with zero attached hydrogens (tertiary/aromatic N) is 1. The predicted octanol–water partition coefficient (Wildman–Crippen LogP) is 4.24. The minimum Gasteiger partial charge on any atom is -0.375 e. The number of hydrogen-bond donors (Lipinski definition) is 0. The molecule has 0 atom stereocenters. The fraction of sp³-hybridized carbons (Fsp3) is 0.941. The van der Waals surface area contributed by atoms with Gasteiger partial charge >= 0.3 is 12.1 Å². The van der Waals surface area contributed by atoms with E-state index in [4.69, 9.17) is 4.74 Å². The predicted molar refractivity (Wildman–Crippen MR) is 83.1 cm³/mol. The Hall–Kier alpha value is -0.820. The van der Waals surface area contributed by atoms with Crippen LogP contribution in [-0.4, -0.2) is 42.5 Å². The number of ether oxygens (including phenoxy) is 1. The lowest BCUT2D eigenvalue weighted by Crippen LogP contribution is -2.52. The van der Waals surface area contributed by atoms with E-state index in [9.17, 15) is 18.0 Å². The van der Waals surface area contributed by atoms with E-state index in [1.807, 2.05) is 0 Å². The summed E-state index contributed by atoms with van der Waals surface area (Å²) in [6.07, 6.45) is 4.19. The summed E-state index contributed by atoms with van der Waals surface area (Å²) in [6, 6.07) is 0. The molecule has 0 radical (unpaired) electrons. The van der Waals surface area contributed by atoms with E-state index in [-0.39, 0.29) is 5.60 Å². The maximum Gasteiger partial charge on any atom is 0.492 e. The minimum atomic E-state index is -4.95. The first-order valence-electron chi connectivity index (χ1n) is 9.05. The molecule has 1 aliphatic carbocycles. The van der Waals surface area contributed by atoms with E-state index in [2.05, 4.69) is 11.8 Å². The zero-order chi connectivity index (χ0) is 17.6. The van der Waals surface area contributed by atoms with Gasteiger partial charge in [0.2, 0.25) is 0 Å². The van der Waals surface area contributed by atoms with Crippen LogP contribution in [0, 0.1) is 5.92 Å². The van der Waals surface area contributed by atoms with Crippen LogP contribution in [0.1, 0.15) is 64.7 Å². The zero-order valence-electron chi connectivity index (χ0n) is 14.4. The van der Waals surface area contributed by atoms with Gasteiger partial charge in [-0.05, 0) is 38.0 Å². The van der Waals surface area contributed by atoms with Gasteiger partial charge in [-0.3, -0.25) is 0 Å². The van der Waals surface area contributed by atoms with Crippen molar-refractivity contribution in [2.75, 3.05) is 19.7 Å². The number of carbonyl (C=O) groups is 1. The summed E-state index contributed by atoms with van der Waals surface area (Å²) in [5.41, 5.74) is -0.267. The number of rotatable bonds is 6. The first-order chi connectivity index (χ1) is 11.4. The second kappa shape index (κ2) is 8.52. The smallest absolute Gasteiger partial charge is 0.375 e. The molecule has 2 rings (SSSR count). The van der Waals surface area contributed by atoms with E-state index >= 15 is 0 Å². The van der Waals surface area contributed by atoms with E-state index < -0.39 is 12.1 Å². The Kier molecular flexibility index (Phi) is 6.92. The van der Waals surface area contributed by atoms with Crippen molar-refractivity contribution in [2.24, 2.45) is 5.92 Å². The van der Waals surface area contributed by atoms with Crippen LogP contribution in [0.2, 0.25) is 0 Å². The molecule has 0 spiro atoms. The molecule has 0 aromatic heterocycles. The average Bonchev–Trinajstić information content (AvgIpc) is 2.57.